The summed E-state index contributed by atoms with van der Waals surface area (Å²) >= 11 is 0. The topological polar surface area (TPSA) is 170 Å². The molecule has 210 valence electrons. The number of rotatable bonds is 9. The Morgan fingerprint density at radius 1 is 1.15 bits per heavy atom. The number of hydrogen-bond donors (Lipinski definition) is 2. The monoisotopic (exact) mass is 558 g/mol. The lowest BCUT2D eigenvalue weighted by atomic mass is 10.2. The minimum atomic E-state index is -3.36. The molecule has 39 heavy (non-hydrogen) atoms. The van der Waals surface area contributed by atoms with E-state index in [1.54, 1.807) is 18.7 Å². The van der Waals surface area contributed by atoms with Crippen LogP contribution < -0.4 is 11.4 Å². The number of aromatic nitrogens is 4. The largest absolute Gasteiger partial charge is 0.448 e. The average Bonchev–Trinajstić information content (AvgIpc) is 3.54. The van der Waals surface area contributed by atoms with Crippen molar-refractivity contribution in [2.24, 2.45) is 0 Å². The summed E-state index contributed by atoms with van der Waals surface area (Å²) in [6, 6.07) is 8.44. The van der Waals surface area contributed by atoms with Gasteiger partial charge in [0.2, 0.25) is 5.16 Å². The molecular formula is C25H34N8O5S. The van der Waals surface area contributed by atoms with E-state index in [2.05, 4.69) is 9.97 Å². The number of benzene rings is 1. The summed E-state index contributed by atoms with van der Waals surface area (Å²) < 4.78 is 28.8. The van der Waals surface area contributed by atoms with Crippen molar-refractivity contribution in [2.45, 2.75) is 44.8 Å². The molecule has 1 atom stereocenters. The summed E-state index contributed by atoms with van der Waals surface area (Å²) in [5, 5.41) is -0.276. The fraction of sp³-hybridized carbons (Fsp3) is 0.480. The van der Waals surface area contributed by atoms with Crippen LogP contribution in [-0.4, -0.2) is 83.8 Å². The highest BCUT2D eigenvalue weighted by molar-refractivity contribution is 7.92. The van der Waals surface area contributed by atoms with Gasteiger partial charge in [0.05, 0.1) is 13.1 Å². The molecule has 13 nitrogen and oxygen atoms in total. The molecule has 0 saturated carbocycles. The first kappa shape index (κ1) is 28.1. The van der Waals surface area contributed by atoms with Gasteiger partial charge in [-0.3, -0.25) is 4.57 Å². The second-order valence-corrected chi connectivity index (χ2v) is 11.4. The molecule has 1 aliphatic heterocycles. The van der Waals surface area contributed by atoms with Crippen molar-refractivity contribution in [1.82, 2.24) is 28.9 Å². The first-order chi connectivity index (χ1) is 18.7. The Morgan fingerprint density at radius 2 is 1.85 bits per heavy atom. The van der Waals surface area contributed by atoms with E-state index in [9.17, 15) is 18.6 Å². The van der Waals surface area contributed by atoms with Gasteiger partial charge in [0.25, 0.3) is 0 Å². The molecule has 14 heteroatoms. The van der Waals surface area contributed by atoms with Gasteiger partial charge in [-0.05, 0) is 31.7 Å². The lowest BCUT2D eigenvalue weighted by Gasteiger charge is -2.22. The van der Waals surface area contributed by atoms with E-state index < -0.39 is 27.5 Å². The van der Waals surface area contributed by atoms with Gasteiger partial charge >= 0.3 is 17.8 Å². The maximum Gasteiger partial charge on any atom is 0.409 e. The number of carbonyl (C=O) groups is 2. The van der Waals surface area contributed by atoms with Crippen molar-refractivity contribution in [2.75, 3.05) is 44.3 Å². The van der Waals surface area contributed by atoms with Crippen molar-refractivity contribution in [1.29, 1.82) is 4.78 Å². The molecule has 3 aromatic rings. The molecule has 1 aromatic carbocycles. The number of nitrogens with one attached hydrogen (secondary N) is 1. The van der Waals surface area contributed by atoms with Crippen molar-refractivity contribution < 1.29 is 18.5 Å². The molecule has 0 bridgehead atoms. The van der Waals surface area contributed by atoms with Crippen LogP contribution in [0, 0.1) is 4.78 Å². The van der Waals surface area contributed by atoms with Crippen LogP contribution in [0.1, 0.15) is 38.7 Å². The van der Waals surface area contributed by atoms with Gasteiger partial charge in [0.15, 0.2) is 11.5 Å². The fourth-order valence-electron chi connectivity index (χ4n) is 4.53. The van der Waals surface area contributed by atoms with E-state index >= 15 is 0 Å². The number of nitrogens with zero attached hydrogens (tertiary/aromatic N) is 6. The maximum atomic E-state index is 13.7. The first-order valence-corrected chi connectivity index (χ1v) is 14.7. The Morgan fingerprint density at radius 3 is 2.49 bits per heavy atom. The zero-order valence-electron chi connectivity index (χ0n) is 22.2. The third kappa shape index (κ3) is 5.90. The number of hydrogen-bond acceptors (Lipinski definition) is 9. The maximum absolute atomic E-state index is 13.7. The third-order valence-electron chi connectivity index (χ3n) is 6.54. The predicted molar refractivity (Wildman–Crippen MR) is 146 cm³/mol. The van der Waals surface area contributed by atoms with E-state index in [0.29, 0.717) is 19.5 Å². The van der Waals surface area contributed by atoms with Crippen LogP contribution in [0.4, 0.5) is 15.4 Å². The number of carbonyl (C=O) groups excluding carboxylic acids is 2. The van der Waals surface area contributed by atoms with E-state index in [1.807, 2.05) is 30.3 Å². The van der Waals surface area contributed by atoms with Gasteiger partial charge in [0, 0.05) is 25.4 Å². The summed E-state index contributed by atoms with van der Waals surface area (Å²) in [4.78, 5) is 51.0. The summed E-state index contributed by atoms with van der Waals surface area (Å²) in [5.41, 5.74) is 6.31. The second kappa shape index (κ2) is 11.8. The van der Waals surface area contributed by atoms with Crippen LogP contribution in [0.25, 0.3) is 11.2 Å². The smallest absolute Gasteiger partial charge is 0.409 e. The van der Waals surface area contributed by atoms with Gasteiger partial charge in [0.1, 0.15) is 21.9 Å². The molecule has 1 aliphatic rings. The number of nitrogens with two attached hydrogens (primary N) is 1. The van der Waals surface area contributed by atoms with E-state index in [0.717, 1.165) is 23.0 Å². The Kier molecular flexibility index (Phi) is 8.53. The van der Waals surface area contributed by atoms with Gasteiger partial charge < -0.3 is 20.3 Å². The summed E-state index contributed by atoms with van der Waals surface area (Å²) in [6.45, 7) is 5.14. The average molecular weight is 559 g/mol. The SMILES string of the molecule is CCCS(=N)(=O)c1nc(N)c2c(n1)n(Cc1ccccc1)c(=O)n2C(=O)N(CC)CCOC(=O)N1CCCC1. The molecule has 3 heterocycles. The predicted octanol–water partition coefficient (Wildman–Crippen LogP) is 2.56. The number of imidazole rings is 1. The van der Waals surface area contributed by atoms with Gasteiger partial charge in [-0.2, -0.15) is 4.98 Å². The molecule has 2 amide bonds. The Labute approximate surface area is 226 Å². The number of fused-ring (bicyclic) bond motifs is 1. The van der Waals surface area contributed by atoms with Gasteiger partial charge in [-0.15, -0.1) is 0 Å². The molecular weight excluding hydrogens is 524 g/mol. The Bertz CT molecular complexity index is 1510. The van der Waals surface area contributed by atoms with E-state index in [1.165, 1.54) is 9.47 Å². The number of anilines is 1. The van der Waals surface area contributed by atoms with Crippen LogP contribution in [0.5, 0.6) is 0 Å². The minimum Gasteiger partial charge on any atom is -0.448 e. The zero-order valence-corrected chi connectivity index (χ0v) is 23.0. The van der Waals surface area contributed by atoms with E-state index in [-0.39, 0.29) is 54.1 Å². The standard InChI is InChI=1S/C25H34N8O5S/c1-3-16-39(27,37)22-28-20(26)19-21(29-22)32(17-18-10-6-5-7-11-18)24(35)33(19)23(34)30(4-2)14-15-38-25(36)31-12-8-9-13-31/h5-7,10-11,27H,3-4,8-9,12-17H2,1-2H3,(H2,26,28,29). The normalized spacial score (nSPS) is 14.9. The van der Waals surface area contributed by atoms with Crippen molar-refractivity contribution in [3.8, 4) is 0 Å². The Balaban J connectivity index is 1.72. The molecule has 0 spiro atoms. The van der Waals surface area contributed by atoms with Gasteiger partial charge in [-0.1, -0.05) is 37.3 Å². The number of nitrogen functional groups attached to an aromatic ring is 1. The summed E-state index contributed by atoms with van der Waals surface area (Å²) in [5.74, 6) is -0.194. The highest BCUT2D eigenvalue weighted by Crippen LogP contribution is 2.22. The summed E-state index contributed by atoms with van der Waals surface area (Å²) in [6.07, 6.45) is 1.91. The summed E-state index contributed by atoms with van der Waals surface area (Å²) in [7, 11) is -3.36. The van der Waals surface area contributed by atoms with Crippen LogP contribution in [0.15, 0.2) is 40.3 Å². The molecule has 1 unspecified atom stereocenters. The molecule has 0 radical (unpaired) electrons. The molecule has 1 fully saturated rings. The van der Waals surface area contributed by atoms with Crippen LogP contribution in [0.2, 0.25) is 0 Å². The molecule has 1 saturated heterocycles. The number of likely N-dealkylation sites (N-methyl/N-ethyl adjacent to an activating group) is 1. The van der Waals surface area contributed by atoms with Crippen LogP contribution in [0.3, 0.4) is 0 Å². The lowest BCUT2D eigenvalue weighted by Crippen LogP contribution is -2.42. The molecule has 3 N–H and O–H groups in total. The van der Waals surface area contributed by atoms with Crippen LogP contribution >= 0.6 is 0 Å². The third-order valence-corrected chi connectivity index (χ3v) is 8.29. The minimum absolute atomic E-state index is 0.0206. The quantitative estimate of drug-likeness (QED) is 0.378. The molecule has 0 aliphatic carbocycles. The highest BCUT2D eigenvalue weighted by Gasteiger charge is 2.28. The molecule has 4 rings (SSSR count). The van der Waals surface area contributed by atoms with E-state index in [4.69, 9.17) is 15.3 Å². The highest BCUT2D eigenvalue weighted by atomic mass is 32.2. The van der Waals surface area contributed by atoms with Crippen molar-refractivity contribution >= 4 is 38.8 Å². The first-order valence-electron chi connectivity index (χ1n) is 13.0. The zero-order chi connectivity index (χ0) is 28.2. The van der Waals surface area contributed by atoms with Crippen molar-refractivity contribution in [3.05, 3.63) is 46.4 Å². The van der Waals surface area contributed by atoms with Crippen molar-refractivity contribution in [3.63, 3.8) is 0 Å². The number of ether oxygens (including phenoxy) is 1. The number of likely N-dealkylation sites (tertiary alicyclic amines) is 1. The van der Waals surface area contributed by atoms with Crippen LogP contribution in [-0.2, 0) is 21.0 Å². The second-order valence-electron chi connectivity index (χ2n) is 9.30. The number of amides is 2. The molecule has 2 aromatic heterocycles. The van der Waals surface area contributed by atoms with Gasteiger partial charge in [-0.25, -0.2) is 32.9 Å². The fourth-order valence-corrected chi connectivity index (χ4v) is 5.76. The Hall–Kier alpha value is -3.94. The lowest BCUT2D eigenvalue weighted by molar-refractivity contribution is 0.101.